The van der Waals surface area contributed by atoms with E-state index < -0.39 is 0 Å². The van der Waals surface area contributed by atoms with Crippen LogP contribution in [0.5, 0.6) is 0 Å². The average Bonchev–Trinajstić information content (AvgIpc) is 2.87. The first-order chi connectivity index (χ1) is 18.0. The lowest BCUT2D eigenvalue weighted by molar-refractivity contribution is -0.870. The van der Waals surface area contributed by atoms with Gasteiger partial charge >= 0.3 is 0 Å². The van der Waals surface area contributed by atoms with E-state index in [9.17, 15) is 0 Å². The van der Waals surface area contributed by atoms with Gasteiger partial charge in [-0.3, -0.25) is 0 Å². The minimum Gasteiger partial charge on any atom is -1.00 e. The Labute approximate surface area is 263 Å². The predicted molar refractivity (Wildman–Crippen MR) is 177 cm³/mol. The number of unbranched alkanes of at least 4 members (excludes halogenated alkanes) is 26. The van der Waals surface area contributed by atoms with Gasteiger partial charge in [-0.15, -0.1) is 0 Å². The van der Waals surface area contributed by atoms with Crippen LogP contribution in [-0.2, 0) is 0 Å². The highest BCUT2D eigenvalue weighted by Gasteiger charge is 2.05. The summed E-state index contributed by atoms with van der Waals surface area (Å²) in [5.74, 6) is 0. The summed E-state index contributed by atoms with van der Waals surface area (Å²) in [5, 5.41) is 1.19. The molecule has 0 saturated heterocycles. The van der Waals surface area contributed by atoms with Crippen molar-refractivity contribution in [2.45, 2.75) is 194 Å². The molecule has 0 saturated carbocycles. The number of quaternary nitrogens is 1. The highest BCUT2D eigenvalue weighted by Crippen LogP contribution is 2.14. The summed E-state index contributed by atoms with van der Waals surface area (Å²) in [5.41, 5.74) is 0. The third kappa shape index (κ3) is 46.8. The van der Waals surface area contributed by atoms with Gasteiger partial charge in [0.1, 0.15) is 0 Å². The van der Waals surface area contributed by atoms with E-state index in [2.05, 4.69) is 50.9 Å². The quantitative estimate of drug-likeness (QED) is 0.0423. The topological polar surface area (TPSA) is 0 Å². The molecule has 0 rings (SSSR count). The zero-order chi connectivity index (χ0) is 27.7. The summed E-state index contributed by atoms with van der Waals surface area (Å²) >= 11 is 3.48. The van der Waals surface area contributed by atoms with Crippen molar-refractivity contribution in [1.82, 2.24) is 0 Å². The van der Waals surface area contributed by atoms with Gasteiger partial charge in [0.05, 0.1) is 27.7 Å². The summed E-state index contributed by atoms with van der Waals surface area (Å²) in [6, 6.07) is 0. The molecule has 3 heteroatoms. The minimum absolute atomic E-state index is 0. The first-order valence-corrected chi connectivity index (χ1v) is 18.5. The molecule has 0 aromatic heterocycles. The molecule has 0 spiro atoms. The van der Waals surface area contributed by atoms with Crippen LogP contribution in [0, 0.1) is 0 Å². The Morgan fingerprint density at radius 3 is 0.763 bits per heavy atom. The van der Waals surface area contributed by atoms with Gasteiger partial charge in [-0.05, 0) is 19.3 Å². The largest absolute Gasteiger partial charge is 1.00 e. The van der Waals surface area contributed by atoms with Crippen molar-refractivity contribution in [3.05, 3.63) is 0 Å². The molecule has 0 N–H and O–H groups in total. The standard InChI is InChI=1S/C19H42N.C16H33Br.BrH/c1-5-6-7-8-9-10-11-12-13-14-15-16-17-18-19-20(2,3)4;1-2-3-4-5-6-7-8-9-10-11-12-13-14-15-16-17;/h5-19H2,1-4H3;2-16H2,1H3;1H/q+1;;/p-1. The van der Waals surface area contributed by atoms with Gasteiger partial charge in [0, 0.05) is 5.33 Å². The van der Waals surface area contributed by atoms with E-state index in [0.717, 1.165) is 4.48 Å². The SMILES string of the molecule is CCCCCCCCCCCCCCCCBr.CCCCCCCCCCCCCCCC[N+](C)(C)C.[Br-]. The summed E-state index contributed by atoms with van der Waals surface area (Å²) in [4.78, 5) is 0. The van der Waals surface area contributed by atoms with Crippen LogP contribution in [0.15, 0.2) is 0 Å². The van der Waals surface area contributed by atoms with E-state index in [1.54, 1.807) is 0 Å². The monoisotopic (exact) mass is 667 g/mol. The Hall–Kier alpha value is 0.920. The lowest BCUT2D eigenvalue weighted by atomic mass is 10.0. The molecule has 234 valence electrons. The van der Waals surface area contributed by atoms with Gasteiger partial charge in [-0.25, -0.2) is 0 Å². The van der Waals surface area contributed by atoms with Gasteiger partial charge < -0.3 is 21.5 Å². The molecule has 0 unspecified atom stereocenters. The van der Waals surface area contributed by atoms with E-state index in [1.165, 1.54) is 192 Å². The third-order valence-electron chi connectivity index (χ3n) is 7.67. The van der Waals surface area contributed by atoms with Crippen LogP contribution >= 0.6 is 15.9 Å². The molecular formula is C35H75Br2N. The fraction of sp³-hybridized carbons (Fsp3) is 1.00. The third-order valence-corrected chi connectivity index (χ3v) is 8.23. The van der Waals surface area contributed by atoms with E-state index >= 15 is 0 Å². The summed E-state index contributed by atoms with van der Waals surface area (Å²) in [6.07, 6.45) is 40.7. The maximum absolute atomic E-state index is 3.48. The van der Waals surface area contributed by atoms with Crippen molar-refractivity contribution >= 4 is 15.9 Å². The molecule has 38 heavy (non-hydrogen) atoms. The van der Waals surface area contributed by atoms with Gasteiger partial charge in [-0.1, -0.05) is 190 Å². The molecule has 0 aromatic rings. The van der Waals surface area contributed by atoms with E-state index in [1.807, 2.05) is 0 Å². The van der Waals surface area contributed by atoms with Crippen molar-refractivity contribution < 1.29 is 21.5 Å². The predicted octanol–water partition coefficient (Wildman–Crippen LogP) is 10.0. The molecule has 0 heterocycles. The summed E-state index contributed by atoms with van der Waals surface area (Å²) < 4.78 is 1.12. The number of hydrogen-bond acceptors (Lipinski definition) is 0. The zero-order valence-electron chi connectivity index (χ0n) is 27.4. The molecule has 0 radical (unpaired) electrons. The zero-order valence-corrected chi connectivity index (χ0v) is 30.6. The molecule has 0 aromatic carbocycles. The lowest BCUT2D eigenvalue weighted by Gasteiger charge is -2.23. The lowest BCUT2D eigenvalue weighted by Crippen LogP contribution is -3.00. The maximum Gasteiger partial charge on any atom is 0.0780 e. The van der Waals surface area contributed by atoms with Gasteiger partial charge in [-0.2, -0.15) is 0 Å². The second-order valence-electron chi connectivity index (χ2n) is 12.9. The smallest absolute Gasteiger partial charge is 0.0780 e. The van der Waals surface area contributed by atoms with Crippen LogP contribution in [0.2, 0.25) is 0 Å². The summed E-state index contributed by atoms with van der Waals surface area (Å²) in [6.45, 7) is 5.91. The fourth-order valence-electron chi connectivity index (χ4n) is 5.07. The van der Waals surface area contributed by atoms with Crippen LogP contribution in [0.4, 0.5) is 0 Å². The number of alkyl halides is 1. The molecule has 0 aliphatic carbocycles. The second-order valence-corrected chi connectivity index (χ2v) is 13.7. The van der Waals surface area contributed by atoms with Crippen LogP contribution in [0.25, 0.3) is 0 Å². The molecule has 0 amide bonds. The van der Waals surface area contributed by atoms with Crippen molar-refractivity contribution in [2.24, 2.45) is 0 Å². The Kier molecular flexibility index (Phi) is 43.3. The number of rotatable bonds is 29. The van der Waals surface area contributed by atoms with Crippen molar-refractivity contribution in [3.8, 4) is 0 Å². The van der Waals surface area contributed by atoms with Crippen molar-refractivity contribution in [1.29, 1.82) is 0 Å². The van der Waals surface area contributed by atoms with Crippen molar-refractivity contribution in [3.63, 3.8) is 0 Å². The van der Waals surface area contributed by atoms with E-state index in [0.29, 0.717) is 0 Å². The normalized spacial score (nSPS) is 11.2. The Bertz CT molecular complexity index is 367. The second kappa shape index (κ2) is 37.9. The Morgan fingerprint density at radius 1 is 0.342 bits per heavy atom. The number of hydrogen-bond donors (Lipinski definition) is 0. The number of nitrogens with zero attached hydrogens (tertiary/aromatic N) is 1. The molecule has 0 fully saturated rings. The Morgan fingerprint density at radius 2 is 0.553 bits per heavy atom. The van der Waals surface area contributed by atoms with Crippen LogP contribution in [0.3, 0.4) is 0 Å². The molecule has 1 nitrogen and oxygen atoms in total. The Balaban J connectivity index is -0.000000636. The maximum atomic E-state index is 3.48. The van der Waals surface area contributed by atoms with Crippen LogP contribution in [-0.4, -0.2) is 37.5 Å². The van der Waals surface area contributed by atoms with Crippen molar-refractivity contribution in [2.75, 3.05) is 33.0 Å². The first-order valence-electron chi connectivity index (χ1n) is 17.3. The van der Waals surface area contributed by atoms with E-state index in [4.69, 9.17) is 0 Å². The highest BCUT2D eigenvalue weighted by atomic mass is 79.9. The first kappa shape index (κ1) is 43.4. The van der Waals surface area contributed by atoms with E-state index in [-0.39, 0.29) is 17.0 Å². The molecule has 0 bridgehead atoms. The minimum atomic E-state index is 0. The van der Waals surface area contributed by atoms with Gasteiger partial charge in [0.25, 0.3) is 0 Å². The average molecular weight is 670 g/mol. The van der Waals surface area contributed by atoms with Crippen LogP contribution in [0.1, 0.15) is 194 Å². The number of halogens is 2. The summed E-state index contributed by atoms with van der Waals surface area (Å²) in [7, 11) is 6.88. The van der Waals surface area contributed by atoms with Gasteiger partial charge in [0.2, 0.25) is 0 Å². The fourth-order valence-corrected chi connectivity index (χ4v) is 5.47. The molecule has 0 atom stereocenters. The molecule has 0 aliphatic heterocycles. The molecular weight excluding hydrogens is 594 g/mol. The van der Waals surface area contributed by atoms with Crippen LogP contribution < -0.4 is 17.0 Å². The van der Waals surface area contributed by atoms with Gasteiger partial charge in [0.15, 0.2) is 0 Å². The highest BCUT2D eigenvalue weighted by molar-refractivity contribution is 9.09. The molecule has 0 aliphatic rings.